The first-order valence-corrected chi connectivity index (χ1v) is 11.1. The smallest absolute Gasteiger partial charge is 0.332 e. The Labute approximate surface area is 175 Å². The normalized spacial score (nSPS) is 24.9. The standard InChI is InChI=1S/C22H29N5O3/c28-20-21(29)27(12-17-6-2-1-3-7-17)24-19-14-30-22(16-26(19)20)9-11-25(15-22)13-18-8-4-5-10-23-18/h4-5,8,10,17H,1-3,6-7,9,11-16H2. The summed E-state index contributed by atoms with van der Waals surface area (Å²) in [6, 6.07) is 5.92. The van der Waals surface area contributed by atoms with E-state index in [2.05, 4.69) is 15.0 Å². The first-order chi connectivity index (χ1) is 14.6. The lowest BCUT2D eigenvalue weighted by Gasteiger charge is -2.35. The van der Waals surface area contributed by atoms with Gasteiger partial charge in [-0.1, -0.05) is 25.3 Å². The fraction of sp³-hybridized carbons (Fsp3) is 0.636. The van der Waals surface area contributed by atoms with Gasteiger partial charge in [-0.25, -0.2) is 4.68 Å². The Bertz CT molecular complexity index is 1010. The molecule has 0 amide bonds. The molecule has 1 saturated heterocycles. The largest absolute Gasteiger partial charge is 0.364 e. The Morgan fingerprint density at radius 3 is 2.77 bits per heavy atom. The van der Waals surface area contributed by atoms with Gasteiger partial charge in [0.2, 0.25) is 0 Å². The molecule has 160 valence electrons. The Balaban J connectivity index is 1.32. The molecule has 2 fully saturated rings. The summed E-state index contributed by atoms with van der Waals surface area (Å²) < 4.78 is 9.22. The number of fused-ring (bicyclic) bond motifs is 1. The Hall–Kier alpha value is -2.32. The van der Waals surface area contributed by atoms with Gasteiger partial charge in [-0.3, -0.25) is 24.0 Å². The van der Waals surface area contributed by atoms with Crippen molar-refractivity contribution < 1.29 is 4.74 Å². The van der Waals surface area contributed by atoms with Crippen LogP contribution >= 0.6 is 0 Å². The van der Waals surface area contributed by atoms with Gasteiger partial charge in [-0.15, -0.1) is 0 Å². The van der Waals surface area contributed by atoms with Gasteiger partial charge in [-0.05, 0) is 37.3 Å². The molecular weight excluding hydrogens is 382 g/mol. The average molecular weight is 412 g/mol. The summed E-state index contributed by atoms with van der Waals surface area (Å²) in [5.41, 5.74) is -0.364. The van der Waals surface area contributed by atoms with E-state index in [1.54, 1.807) is 10.8 Å². The molecule has 8 heteroatoms. The van der Waals surface area contributed by atoms with Crippen LogP contribution in [0.25, 0.3) is 0 Å². The molecule has 5 rings (SSSR count). The molecule has 8 nitrogen and oxygen atoms in total. The minimum absolute atomic E-state index is 0.275. The number of hydrogen-bond donors (Lipinski definition) is 0. The van der Waals surface area contributed by atoms with E-state index in [4.69, 9.17) is 4.74 Å². The summed E-state index contributed by atoms with van der Waals surface area (Å²) >= 11 is 0. The van der Waals surface area contributed by atoms with E-state index in [1.807, 2.05) is 18.2 Å². The van der Waals surface area contributed by atoms with Gasteiger partial charge in [0, 0.05) is 32.4 Å². The number of ether oxygens (including phenoxy) is 1. The molecule has 2 aromatic rings. The van der Waals surface area contributed by atoms with Crippen molar-refractivity contribution in [2.45, 2.75) is 70.4 Å². The number of nitrogens with zero attached hydrogens (tertiary/aromatic N) is 5. The summed E-state index contributed by atoms with van der Waals surface area (Å²) in [5.74, 6) is 1.02. The topological polar surface area (TPSA) is 82.2 Å². The van der Waals surface area contributed by atoms with E-state index in [-0.39, 0.29) is 6.61 Å². The van der Waals surface area contributed by atoms with Gasteiger partial charge < -0.3 is 4.74 Å². The van der Waals surface area contributed by atoms with E-state index in [0.717, 1.165) is 44.6 Å². The van der Waals surface area contributed by atoms with Crippen LogP contribution in [-0.4, -0.2) is 42.9 Å². The van der Waals surface area contributed by atoms with Crippen molar-refractivity contribution in [3.63, 3.8) is 0 Å². The first-order valence-electron chi connectivity index (χ1n) is 11.1. The lowest BCUT2D eigenvalue weighted by Crippen LogP contribution is -2.53. The number of aromatic nitrogens is 4. The summed E-state index contributed by atoms with van der Waals surface area (Å²) in [4.78, 5) is 32.3. The molecule has 0 radical (unpaired) electrons. The molecule has 3 aliphatic rings. The highest BCUT2D eigenvalue weighted by molar-refractivity contribution is 5.06. The van der Waals surface area contributed by atoms with E-state index < -0.39 is 16.7 Å². The molecule has 0 N–H and O–H groups in total. The van der Waals surface area contributed by atoms with E-state index in [0.29, 0.717) is 24.8 Å². The van der Waals surface area contributed by atoms with Crippen LogP contribution < -0.4 is 11.1 Å². The van der Waals surface area contributed by atoms with Crippen molar-refractivity contribution in [3.8, 4) is 0 Å². The van der Waals surface area contributed by atoms with Gasteiger partial charge in [0.25, 0.3) is 0 Å². The highest BCUT2D eigenvalue weighted by atomic mass is 16.5. The molecule has 0 bridgehead atoms. The van der Waals surface area contributed by atoms with Gasteiger partial charge in [-0.2, -0.15) is 5.10 Å². The van der Waals surface area contributed by atoms with Crippen LogP contribution in [0.1, 0.15) is 50.0 Å². The average Bonchev–Trinajstić information content (AvgIpc) is 3.16. The number of pyridine rings is 1. The highest BCUT2D eigenvalue weighted by Crippen LogP contribution is 2.32. The molecule has 30 heavy (non-hydrogen) atoms. The summed E-state index contributed by atoms with van der Waals surface area (Å²) in [6.45, 7) is 3.58. The zero-order valence-corrected chi connectivity index (χ0v) is 17.3. The van der Waals surface area contributed by atoms with Gasteiger partial charge in [0.1, 0.15) is 12.2 Å². The minimum Gasteiger partial charge on any atom is -0.364 e. The van der Waals surface area contributed by atoms with Gasteiger partial charge in [0.05, 0.1) is 12.2 Å². The zero-order valence-electron chi connectivity index (χ0n) is 17.3. The SMILES string of the molecule is O=c1c(=O)n2c(nn1CC1CCCCC1)COC1(CCN(Cc3ccccn3)C1)C2. The molecule has 1 saturated carbocycles. The maximum atomic E-state index is 12.9. The molecule has 4 heterocycles. The highest BCUT2D eigenvalue weighted by Gasteiger charge is 2.43. The van der Waals surface area contributed by atoms with Crippen LogP contribution in [0.15, 0.2) is 34.0 Å². The molecular formula is C22H29N5O3. The fourth-order valence-corrected chi connectivity index (χ4v) is 5.17. The maximum Gasteiger partial charge on any atom is 0.332 e. The molecule has 2 aliphatic heterocycles. The number of rotatable bonds is 4. The van der Waals surface area contributed by atoms with Crippen molar-refractivity contribution in [2.24, 2.45) is 5.92 Å². The molecule has 1 aliphatic carbocycles. The van der Waals surface area contributed by atoms with Crippen LogP contribution in [0.5, 0.6) is 0 Å². The molecule has 1 unspecified atom stereocenters. The summed E-state index contributed by atoms with van der Waals surface area (Å²) in [7, 11) is 0. The molecule has 1 spiro atoms. The quantitative estimate of drug-likeness (QED) is 0.710. The van der Waals surface area contributed by atoms with Crippen molar-refractivity contribution >= 4 is 0 Å². The first kappa shape index (κ1) is 19.6. The Morgan fingerprint density at radius 1 is 1.10 bits per heavy atom. The summed E-state index contributed by atoms with van der Waals surface area (Å²) in [6.07, 6.45) is 8.51. The monoisotopic (exact) mass is 411 g/mol. The van der Waals surface area contributed by atoms with Crippen molar-refractivity contribution in [1.29, 1.82) is 0 Å². The lowest BCUT2D eigenvalue weighted by molar-refractivity contribution is -0.0860. The number of hydrogen-bond acceptors (Lipinski definition) is 6. The van der Waals surface area contributed by atoms with Crippen molar-refractivity contribution in [2.75, 3.05) is 13.1 Å². The van der Waals surface area contributed by atoms with Crippen LogP contribution in [0.2, 0.25) is 0 Å². The second-order valence-electron chi connectivity index (χ2n) is 9.05. The number of likely N-dealkylation sites (tertiary alicyclic amines) is 1. The van der Waals surface area contributed by atoms with E-state index in [9.17, 15) is 9.59 Å². The van der Waals surface area contributed by atoms with Gasteiger partial charge in [0.15, 0.2) is 5.82 Å². The second kappa shape index (κ2) is 8.07. The Morgan fingerprint density at radius 2 is 1.97 bits per heavy atom. The molecule has 1 atom stereocenters. The predicted octanol–water partition coefficient (Wildman–Crippen LogP) is 1.56. The van der Waals surface area contributed by atoms with Crippen LogP contribution in [0.3, 0.4) is 0 Å². The van der Waals surface area contributed by atoms with Crippen LogP contribution in [0.4, 0.5) is 0 Å². The van der Waals surface area contributed by atoms with Crippen molar-refractivity contribution in [3.05, 3.63) is 56.6 Å². The van der Waals surface area contributed by atoms with Crippen LogP contribution in [-0.2, 0) is 31.0 Å². The van der Waals surface area contributed by atoms with Crippen molar-refractivity contribution in [1.82, 2.24) is 24.2 Å². The fourth-order valence-electron chi connectivity index (χ4n) is 5.17. The summed E-state index contributed by atoms with van der Waals surface area (Å²) in [5, 5.41) is 4.53. The minimum atomic E-state index is -0.496. The van der Waals surface area contributed by atoms with Crippen LogP contribution in [0, 0.1) is 5.92 Å². The van der Waals surface area contributed by atoms with Gasteiger partial charge >= 0.3 is 11.1 Å². The third kappa shape index (κ3) is 3.86. The third-order valence-electron chi connectivity index (χ3n) is 6.83. The molecule has 0 aromatic carbocycles. The van der Waals surface area contributed by atoms with E-state index in [1.165, 1.54) is 23.9 Å². The lowest BCUT2D eigenvalue weighted by atomic mass is 9.89. The zero-order chi connectivity index (χ0) is 20.6. The molecule has 2 aromatic heterocycles. The third-order valence-corrected chi connectivity index (χ3v) is 6.83. The second-order valence-corrected chi connectivity index (χ2v) is 9.05. The maximum absolute atomic E-state index is 12.9. The predicted molar refractivity (Wildman–Crippen MR) is 111 cm³/mol. The van der Waals surface area contributed by atoms with E-state index >= 15 is 0 Å². The Kier molecular flexibility index (Phi) is 5.28.